The highest BCUT2D eigenvalue weighted by atomic mass is 35.5. The first-order valence-corrected chi connectivity index (χ1v) is 9.36. The molecule has 2 rings (SSSR count). The van der Waals surface area contributed by atoms with Crippen LogP contribution in [-0.4, -0.2) is 12.6 Å². The van der Waals surface area contributed by atoms with Gasteiger partial charge in [0.2, 0.25) is 0 Å². The predicted octanol–water partition coefficient (Wildman–Crippen LogP) is 5.80. The molecule has 0 aliphatic rings. The summed E-state index contributed by atoms with van der Waals surface area (Å²) in [5.74, 6) is -0.578. The van der Waals surface area contributed by atoms with Gasteiger partial charge >= 0.3 is 5.97 Å². The molecular formula is C21H21Cl2NO2. The molecule has 2 aromatic rings. The lowest BCUT2D eigenvalue weighted by Crippen LogP contribution is -2.34. The average molecular weight is 390 g/mol. The average Bonchev–Trinajstić information content (AvgIpc) is 2.68. The normalized spacial score (nSPS) is 15.3. The maximum atomic E-state index is 12.7. The second-order valence-corrected chi connectivity index (χ2v) is 7.13. The first-order chi connectivity index (χ1) is 12.5. The molecule has 0 N–H and O–H groups in total. The van der Waals surface area contributed by atoms with Gasteiger partial charge in [-0.3, -0.25) is 4.79 Å². The number of hydrogen-bond acceptors (Lipinski definition) is 3. The van der Waals surface area contributed by atoms with Crippen molar-refractivity contribution < 1.29 is 9.53 Å². The molecule has 136 valence electrons. The molecule has 3 nitrogen and oxygen atoms in total. The Morgan fingerprint density at radius 2 is 1.42 bits per heavy atom. The maximum Gasteiger partial charge on any atom is 0.326 e. The van der Waals surface area contributed by atoms with Gasteiger partial charge in [-0.1, -0.05) is 60.7 Å². The van der Waals surface area contributed by atoms with E-state index in [9.17, 15) is 10.1 Å². The summed E-state index contributed by atoms with van der Waals surface area (Å²) in [6.45, 7) is 1.91. The Morgan fingerprint density at radius 3 is 1.77 bits per heavy atom. The standard InChI is InChI=1S/C21H21Cl2NO2/c1-2-26-20(25)21(15-24,13-18(22)16-9-5-3-6-10-16)14-19(23)17-11-7-4-8-12-17/h3-12,18-19H,2,13-14H2,1H3. The Labute approximate surface area is 164 Å². The SMILES string of the molecule is CCOC(=O)C(C#N)(CC(Cl)c1ccccc1)CC(Cl)c1ccccc1. The van der Waals surface area contributed by atoms with Crippen molar-refractivity contribution in [2.75, 3.05) is 6.61 Å². The first kappa shape index (κ1) is 20.3. The molecule has 0 saturated carbocycles. The molecule has 0 aromatic heterocycles. The van der Waals surface area contributed by atoms with E-state index in [0.29, 0.717) is 0 Å². The summed E-state index contributed by atoms with van der Waals surface area (Å²) in [5.41, 5.74) is 0.286. The topological polar surface area (TPSA) is 50.1 Å². The third-order valence-electron chi connectivity index (χ3n) is 4.26. The molecule has 0 fully saturated rings. The molecule has 0 saturated heterocycles. The monoisotopic (exact) mass is 389 g/mol. The number of carbonyl (C=O) groups is 1. The third-order valence-corrected chi connectivity index (χ3v) is 5.07. The predicted molar refractivity (Wildman–Crippen MR) is 104 cm³/mol. The van der Waals surface area contributed by atoms with Crippen molar-refractivity contribution in [2.45, 2.75) is 30.5 Å². The fraction of sp³-hybridized carbons (Fsp3) is 0.333. The van der Waals surface area contributed by atoms with Crippen LogP contribution in [0.15, 0.2) is 60.7 Å². The maximum absolute atomic E-state index is 12.7. The summed E-state index contributed by atoms with van der Waals surface area (Å²) in [6, 6.07) is 20.9. The highest BCUT2D eigenvalue weighted by molar-refractivity contribution is 6.21. The van der Waals surface area contributed by atoms with E-state index < -0.39 is 22.1 Å². The quantitative estimate of drug-likeness (QED) is 0.423. The highest BCUT2D eigenvalue weighted by Crippen LogP contribution is 2.43. The second kappa shape index (κ2) is 9.62. The van der Waals surface area contributed by atoms with Crippen LogP contribution in [0, 0.1) is 16.7 Å². The van der Waals surface area contributed by atoms with Gasteiger partial charge in [0.15, 0.2) is 5.41 Å². The van der Waals surface area contributed by atoms with Gasteiger partial charge < -0.3 is 4.74 Å². The van der Waals surface area contributed by atoms with E-state index in [1.807, 2.05) is 60.7 Å². The Bertz CT molecular complexity index is 696. The van der Waals surface area contributed by atoms with E-state index >= 15 is 0 Å². The van der Waals surface area contributed by atoms with Crippen molar-refractivity contribution in [1.82, 2.24) is 0 Å². The lowest BCUT2D eigenvalue weighted by Gasteiger charge is -2.28. The molecule has 0 spiro atoms. The summed E-state index contributed by atoms with van der Waals surface area (Å²) in [5, 5.41) is 8.90. The number of ether oxygens (including phenoxy) is 1. The van der Waals surface area contributed by atoms with E-state index in [4.69, 9.17) is 27.9 Å². The fourth-order valence-electron chi connectivity index (χ4n) is 2.83. The summed E-state index contributed by atoms with van der Waals surface area (Å²) in [7, 11) is 0. The molecule has 26 heavy (non-hydrogen) atoms. The number of nitriles is 1. The molecular weight excluding hydrogens is 369 g/mol. The van der Waals surface area contributed by atoms with Gasteiger partial charge in [-0.2, -0.15) is 5.26 Å². The van der Waals surface area contributed by atoms with Crippen molar-refractivity contribution >= 4 is 29.2 Å². The number of alkyl halides is 2. The Hall–Kier alpha value is -2.02. The molecule has 2 unspecified atom stereocenters. The van der Waals surface area contributed by atoms with E-state index in [1.165, 1.54) is 0 Å². The third kappa shape index (κ3) is 5.00. The molecule has 0 aliphatic heterocycles. The highest BCUT2D eigenvalue weighted by Gasteiger charge is 2.44. The molecule has 0 bridgehead atoms. The van der Waals surface area contributed by atoms with Gasteiger partial charge in [0.25, 0.3) is 0 Å². The summed E-state index contributed by atoms with van der Waals surface area (Å²) >= 11 is 13.1. The minimum absolute atomic E-state index is 0.129. The van der Waals surface area contributed by atoms with Gasteiger partial charge in [-0.25, -0.2) is 0 Å². The van der Waals surface area contributed by atoms with E-state index in [0.717, 1.165) is 11.1 Å². The van der Waals surface area contributed by atoms with Crippen LogP contribution in [0.5, 0.6) is 0 Å². The minimum Gasteiger partial charge on any atom is -0.465 e. The number of esters is 1. The van der Waals surface area contributed by atoms with Crippen LogP contribution in [0.1, 0.15) is 41.6 Å². The van der Waals surface area contributed by atoms with Crippen molar-refractivity contribution in [3.8, 4) is 6.07 Å². The number of benzene rings is 2. The van der Waals surface area contributed by atoms with Gasteiger partial charge in [0, 0.05) is 0 Å². The Balaban J connectivity index is 2.29. The lowest BCUT2D eigenvalue weighted by molar-refractivity contribution is -0.152. The number of rotatable bonds is 8. The van der Waals surface area contributed by atoms with Gasteiger partial charge in [0.05, 0.1) is 23.4 Å². The molecule has 2 aromatic carbocycles. The number of halogens is 2. The van der Waals surface area contributed by atoms with Crippen LogP contribution >= 0.6 is 23.2 Å². The molecule has 5 heteroatoms. The van der Waals surface area contributed by atoms with Gasteiger partial charge in [-0.05, 0) is 30.9 Å². The second-order valence-electron chi connectivity index (χ2n) is 6.08. The van der Waals surface area contributed by atoms with Crippen LogP contribution in [0.25, 0.3) is 0 Å². The molecule has 0 aliphatic carbocycles. The molecule has 0 amide bonds. The van der Waals surface area contributed by atoms with Crippen LogP contribution < -0.4 is 0 Å². The van der Waals surface area contributed by atoms with Crippen molar-refractivity contribution in [2.24, 2.45) is 5.41 Å². The molecule has 2 atom stereocenters. The van der Waals surface area contributed by atoms with Crippen molar-refractivity contribution in [3.05, 3.63) is 71.8 Å². The van der Waals surface area contributed by atoms with Crippen LogP contribution in [-0.2, 0) is 9.53 Å². The van der Waals surface area contributed by atoms with Crippen molar-refractivity contribution in [3.63, 3.8) is 0 Å². The van der Waals surface area contributed by atoms with Crippen LogP contribution in [0.3, 0.4) is 0 Å². The zero-order valence-corrected chi connectivity index (χ0v) is 16.1. The Morgan fingerprint density at radius 1 is 1.00 bits per heavy atom. The van der Waals surface area contributed by atoms with E-state index in [1.54, 1.807) is 6.92 Å². The number of hydrogen-bond donors (Lipinski definition) is 0. The number of carbonyl (C=O) groups excluding carboxylic acids is 1. The zero-order chi connectivity index (χ0) is 19.0. The minimum atomic E-state index is -1.42. The smallest absolute Gasteiger partial charge is 0.326 e. The van der Waals surface area contributed by atoms with Crippen LogP contribution in [0.2, 0.25) is 0 Å². The molecule has 0 radical (unpaired) electrons. The van der Waals surface area contributed by atoms with Gasteiger partial charge in [0.1, 0.15) is 0 Å². The summed E-state index contributed by atoms with van der Waals surface area (Å²) in [6.07, 6.45) is 0.258. The van der Waals surface area contributed by atoms with E-state index in [-0.39, 0.29) is 19.4 Å². The first-order valence-electron chi connectivity index (χ1n) is 8.49. The lowest BCUT2D eigenvalue weighted by atomic mass is 9.78. The summed E-state index contributed by atoms with van der Waals surface area (Å²) in [4.78, 5) is 12.7. The fourth-order valence-corrected chi connectivity index (χ4v) is 3.65. The van der Waals surface area contributed by atoms with E-state index in [2.05, 4.69) is 6.07 Å². The van der Waals surface area contributed by atoms with Gasteiger partial charge in [-0.15, -0.1) is 23.2 Å². The van der Waals surface area contributed by atoms with Crippen molar-refractivity contribution in [1.29, 1.82) is 5.26 Å². The van der Waals surface area contributed by atoms with Crippen LogP contribution in [0.4, 0.5) is 0 Å². The number of nitrogens with zero attached hydrogens (tertiary/aromatic N) is 1. The largest absolute Gasteiger partial charge is 0.465 e. The Kier molecular flexibility index (Phi) is 7.50. The zero-order valence-electron chi connectivity index (χ0n) is 14.6. The summed E-state index contributed by atoms with van der Waals surface area (Å²) < 4.78 is 5.19. The molecule has 0 heterocycles.